The minimum Gasteiger partial charge on any atom is -0.441 e. The first-order valence-electron chi connectivity index (χ1n) is 4.83. The Morgan fingerprint density at radius 2 is 2.24 bits per heavy atom. The van der Waals surface area contributed by atoms with E-state index in [0.29, 0.717) is 22.8 Å². The van der Waals surface area contributed by atoms with Crippen LogP contribution in [0.4, 0.5) is 0 Å². The van der Waals surface area contributed by atoms with Gasteiger partial charge in [0.15, 0.2) is 16.6 Å². The van der Waals surface area contributed by atoms with Crippen molar-refractivity contribution >= 4 is 23.5 Å². The van der Waals surface area contributed by atoms with Crippen LogP contribution in [0.3, 0.4) is 0 Å². The molecule has 3 aromatic heterocycles. The molecule has 6 heteroatoms. The zero-order valence-corrected chi connectivity index (χ0v) is 9.26. The highest BCUT2D eigenvalue weighted by Gasteiger charge is 2.10. The van der Waals surface area contributed by atoms with Gasteiger partial charge in [0.05, 0.1) is 0 Å². The molecule has 0 saturated carbocycles. The van der Waals surface area contributed by atoms with Crippen molar-refractivity contribution in [3.63, 3.8) is 0 Å². The van der Waals surface area contributed by atoms with E-state index in [1.54, 1.807) is 35.0 Å². The summed E-state index contributed by atoms with van der Waals surface area (Å²) in [5, 5.41) is 4.49. The monoisotopic (exact) mass is 247 g/mol. The quantitative estimate of drug-likeness (QED) is 0.653. The van der Waals surface area contributed by atoms with Crippen molar-refractivity contribution in [2.75, 3.05) is 0 Å². The minimum absolute atomic E-state index is 0.285. The summed E-state index contributed by atoms with van der Waals surface area (Å²) in [5.41, 5.74) is 1.13. The van der Waals surface area contributed by atoms with Gasteiger partial charge in [0, 0.05) is 11.8 Å². The largest absolute Gasteiger partial charge is 0.441 e. The third-order valence-electron chi connectivity index (χ3n) is 2.29. The lowest BCUT2D eigenvalue weighted by Gasteiger charge is -1.90. The van der Waals surface area contributed by atoms with E-state index in [0.717, 1.165) is 6.29 Å². The lowest BCUT2D eigenvalue weighted by molar-refractivity contribution is 0.112. The topological polar surface area (TPSA) is 60.4 Å². The predicted octanol–water partition coefficient (Wildman–Crippen LogP) is 2.46. The van der Waals surface area contributed by atoms with E-state index in [-0.39, 0.29) is 5.22 Å². The number of aldehydes is 1. The van der Waals surface area contributed by atoms with Gasteiger partial charge >= 0.3 is 0 Å². The summed E-state index contributed by atoms with van der Waals surface area (Å²) in [7, 11) is 0. The first-order chi connectivity index (χ1) is 8.26. The highest BCUT2D eigenvalue weighted by atomic mass is 35.5. The smallest absolute Gasteiger partial charge is 0.217 e. The molecule has 17 heavy (non-hydrogen) atoms. The van der Waals surface area contributed by atoms with Crippen LogP contribution in [0.1, 0.15) is 10.4 Å². The van der Waals surface area contributed by atoms with Crippen molar-refractivity contribution in [3.05, 3.63) is 41.2 Å². The summed E-state index contributed by atoms with van der Waals surface area (Å²) >= 11 is 5.68. The van der Waals surface area contributed by atoms with Crippen LogP contribution in [0, 0.1) is 0 Å². The second-order valence-electron chi connectivity index (χ2n) is 3.42. The van der Waals surface area contributed by atoms with E-state index in [1.807, 2.05) is 0 Å². The zero-order chi connectivity index (χ0) is 11.8. The molecule has 0 aromatic carbocycles. The lowest BCUT2D eigenvalue weighted by atomic mass is 10.3. The maximum Gasteiger partial charge on any atom is 0.217 e. The number of rotatable bonds is 2. The fourth-order valence-corrected chi connectivity index (χ4v) is 1.66. The van der Waals surface area contributed by atoms with Gasteiger partial charge in [0.1, 0.15) is 6.29 Å². The van der Waals surface area contributed by atoms with Crippen LogP contribution in [0.15, 0.2) is 34.9 Å². The Bertz CT molecular complexity index is 702. The Hall–Kier alpha value is -2.14. The number of nitrogens with zero attached hydrogens (tertiary/aromatic N) is 3. The summed E-state index contributed by atoms with van der Waals surface area (Å²) in [6.07, 6.45) is 2.43. The van der Waals surface area contributed by atoms with Crippen molar-refractivity contribution in [1.29, 1.82) is 0 Å². The van der Waals surface area contributed by atoms with Crippen LogP contribution in [0.25, 0.3) is 17.2 Å². The molecule has 0 atom stereocenters. The van der Waals surface area contributed by atoms with E-state index in [9.17, 15) is 4.79 Å². The van der Waals surface area contributed by atoms with Gasteiger partial charge in [-0.05, 0) is 35.9 Å². The van der Waals surface area contributed by atoms with Crippen molar-refractivity contribution in [2.24, 2.45) is 0 Å². The van der Waals surface area contributed by atoms with Gasteiger partial charge in [0.25, 0.3) is 0 Å². The Morgan fingerprint density at radius 1 is 1.35 bits per heavy atom. The van der Waals surface area contributed by atoms with E-state index < -0.39 is 0 Å². The predicted molar refractivity (Wildman–Crippen MR) is 61.1 cm³/mol. The average molecular weight is 248 g/mol. The van der Waals surface area contributed by atoms with E-state index in [4.69, 9.17) is 16.0 Å². The average Bonchev–Trinajstić information content (AvgIpc) is 2.93. The summed E-state index contributed by atoms with van der Waals surface area (Å²) < 4.78 is 6.78. The Kier molecular flexibility index (Phi) is 2.19. The van der Waals surface area contributed by atoms with Gasteiger partial charge in [-0.25, -0.2) is 9.50 Å². The molecule has 5 nitrogen and oxygen atoms in total. The van der Waals surface area contributed by atoms with Crippen molar-refractivity contribution in [3.8, 4) is 11.6 Å². The number of aromatic nitrogens is 3. The molecule has 0 fully saturated rings. The molecule has 0 unspecified atom stereocenters. The molecular formula is C11H6ClN3O2. The first-order valence-corrected chi connectivity index (χ1v) is 5.21. The molecule has 0 bridgehead atoms. The molecule has 3 aromatic rings. The van der Waals surface area contributed by atoms with Gasteiger partial charge in [0.2, 0.25) is 5.82 Å². The summed E-state index contributed by atoms with van der Waals surface area (Å²) in [4.78, 5) is 14.9. The van der Waals surface area contributed by atoms with Gasteiger partial charge in [-0.15, -0.1) is 5.10 Å². The van der Waals surface area contributed by atoms with Gasteiger partial charge < -0.3 is 4.42 Å². The number of pyridine rings is 1. The second kappa shape index (κ2) is 3.71. The summed E-state index contributed by atoms with van der Waals surface area (Å²) in [5.74, 6) is 0.923. The highest BCUT2D eigenvalue weighted by molar-refractivity contribution is 6.28. The van der Waals surface area contributed by atoms with Gasteiger partial charge in [-0.3, -0.25) is 4.79 Å². The summed E-state index contributed by atoms with van der Waals surface area (Å²) in [6, 6.07) is 6.62. The van der Waals surface area contributed by atoms with Crippen LogP contribution < -0.4 is 0 Å². The normalized spacial score (nSPS) is 10.9. The van der Waals surface area contributed by atoms with E-state index in [1.165, 1.54) is 0 Å². The van der Waals surface area contributed by atoms with Gasteiger partial charge in [-0.1, -0.05) is 0 Å². The molecular weight excluding hydrogens is 242 g/mol. The fraction of sp³-hybridized carbons (Fsp3) is 0. The van der Waals surface area contributed by atoms with Crippen LogP contribution in [-0.4, -0.2) is 20.9 Å². The number of halogens is 1. The molecule has 3 heterocycles. The standard InChI is InChI=1S/C11H6ClN3O2/c12-9-2-1-8(17-9)11-13-10-5-7(6-16)3-4-15(10)14-11/h1-6H. The van der Waals surface area contributed by atoms with Crippen molar-refractivity contribution < 1.29 is 9.21 Å². The van der Waals surface area contributed by atoms with Crippen molar-refractivity contribution in [2.45, 2.75) is 0 Å². The molecule has 0 saturated heterocycles. The van der Waals surface area contributed by atoms with Crippen molar-refractivity contribution in [1.82, 2.24) is 14.6 Å². The number of furan rings is 1. The van der Waals surface area contributed by atoms with Crippen LogP contribution >= 0.6 is 11.6 Å². The maximum atomic E-state index is 10.6. The summed E-state index contributed by atoms with van der Waals surface area (Å²) in [6.45, 7) is 0. The van der Waals surface area contributed by atoms with E-state index in [2.05, 4.69) is 10.1 Å². The number of carbonyl (C=O) groups is 1. The molecule has 0 aliphatic heterocycles. The Balaban J connectivity index is 2.16. The molecule has 84 valence electrons. The van der Waals surface area contributed by atoms with Crippen LogP contribution in [0.2, 0.25) is 5.22 Å². The van der Waals surface area contributed by atoms with E-state index >= 15 is 0 Å². The first kappa shape index (κ1) is 10.0. The Morgan fingerprint density at radius 3 is 2.94 bits per heavy atom. The zero-order valence-electron chi connectivity index (χ0n) is 8.50. The molecule has 0 aliphatic carbocycles. The maximum absolute atomic E-state index is 10.6. The number of hydrogen-bond donors (Lipinski definition) is 0. The van der Waals surface area contributed by atoms with Crippen LogP contribution in [0.5, 0.6) is 0 Å². The molecule has 0 spiro atoms. The van der Waals surface area contributed by atoms with Crippen LogP contribution in [-0.2, 0) is 0 Å². The number of hydrogen-bond acceptors (Lipinski definition) is 4. The third-order valence-corrected chi connectivity index (χ3v) is 2.49. The molecule has 0 N–H and O–H groups in total. The molecule has 3 rings (SSSR count). The molecule has 0 amide bonds. The highest BCUT2D eigenvalue weighted by Crippen LogP contribution is 2.22. The number of carbonyl (C=O) groups excluding carboxylic acids is 1. The SMILES string of the molecule is O=Cc1ccn2nc(-c3ccc(Cl)o3)nc2c1. The molecule has 0 aliphatic rings. The molecule has 0 radical (unpaired) electrons. The Labute approximate surface area is 101 Å². The third kappa shape index (κ3) is 1.70. The second-order valence-corrected chi connectivity index (χ2v) is 3.79. The van der Waals surface area contributed by atoms with Gasteiger partial charge in [-0.2, -0.15) is 0 Å². The minimum atomic E-state index is 0.285. The fourth-order valence-electron chi connectivity index (χ4n) is 1.51. The number of fused-ring (bicyclic) bond motifs is 1. The lowest BCUT2D eigenvalue weighted by Crippen LogP contribution is -1.88.